The molecule has 0 atom stereocenters. The zero-order chi connectivity index (χ0) is 45.0. The van der Waals surface area contributed by atoms with Gasteiger partial charge in [0.05, 0.1) is 6.10 Å². The van der Waals surface area contributed by atoms with Crippen LogP contribution in [-0.4, -0.2) is 37.2 Å². The zero-order valence-electron chi connectivity index (χ0n) is 41.5. The van der Waals surface area contributed by atoms with Crippen LogP contribution >= 0.6 is 0 Å². The lowest BCUT2D eigenvalue weighted by Crippen LogP contribution is -2.13. The molecule has 0 N–H and O–H groups in total. The first-order chi connectivity index (χ1) is 29.9. The summed E-state index contributed by atoms with van der Waals surface area (Å²) in [5.41, 5.74) is 0. The molecule has 0 aliphatic rings. The molecule has 0 radical (unpaired) electrons. The van der Waals surface area contributed by atoms with Crippen molar-refractivity contribution >= 4 is 17.9 Å². The Morgan fingerprint density at radius 2 is 0.557 bits per heavy atom. The standard InChI is InChI=1S/C38H70O4.C17H34O2/c1-3-5-7-9-11-13-15-17-19-21-23-25-27-29-31-33-37(39)41-35-36-42-38(40)34-32-30-28-26-24-22-20-18-16-14-12-10-8-6-4-2;1-4-5-6-7-8-9-10-11-12-13-14-15-17(18)19-16(2)3/h17-20H,3-16,21-36H2,1-2H3;16H,4-15H2,1-3H3/b19-17-,20-18-;. The fourth-order valence-electron chi connectivity index (χ4n) is 7.39. The smallest absolute Gasteiger partial charge is 0.306 e. The van der Waals surface area contributed by atoms with Gasteiger partial charge in [-0.05, 0) is 84.5 Å². The van der Waals surface area contributed by atoms with Crippen molar-refractivity contribution in [3.05, 3.63) is 24.3 Å². The summed E-state index contributed by atoms with van der Waals surface area (Å²) < 4.78 is 15.5. The number of carbonyl (C=O) groups is 3. The van der Waals surface area contributed by atoms with Crippen molar-refractivity contribution in [2.24, 2.45) is 0 Å². The van der Waals surface area contributed by atoms with Crippen molar-refractivity contribution in [1.82, 2.24) is 0 Å². The predicted molar refractivity (Wildman–Crippen MR) is 263 cm³/mol. The Kier molecular flexibility index (Phi) is 54.0. The van der Waals surface area contributed by atoms with Crippen LogP contribution in [0.25, 0.3) is 0 Å². The number of carbonyl (C=O) groups excluding carboxylic acids is 3. The van der Waals surface area contributed by atoms with Crippen molar-refractivity contribution in [2.45, 2.75) is 298 Å². The van der Waals surface area contributed by atoms with E-state index in [1.807, 2.05) is 13.8 Å². The van der Waals surface area contributed by atoms with Gasteiger partial charge in [-0.15, -0.1) is 0 Å². The molecule has 0 fully saturated rings. The molecular weight excluding hydrogens is 757 g/mol. The average Bonchev–Trinajstić information content (AvgIpc) is 3.24. The van der Waals surface area contributed by atoms with Crippen LogP contribution in [-0.2, 0) is 28.6 Å². The topological polar surface area (TPSA) is 78.9 Å². The number of unbranched alkanes of at least 4 members (excludes halogenated alkanes) is 32. The molecule has 0 aromatic carbocycles. The van der Waals surface area contributed by atoms with Gasteiger partial charge in [-0.25, -0.2) is 0 Å². The molecule has 0 rings (SSSR count). The Labute approximate surface area is 380 Å². The van der Waals surface area contributed by atoms with Crippen LogP contribution in [0.3, 0.4) is 0 Å². The minimum Gasteiger partial charge on any atom is -0.463 e. The molecule has 360 valence electrons. The van der Waals surface area contributed by atoms with Gasteiger partial charge < -0.3 is 14.2 Å². The summed E-state index contributed by atoms with van der Waals surface area (Å²) >= 11 is 0. The molecule has 0 spiro atoms. The van der Waals surface area contributed by atoms with Gasteiger partial charge in [-0.3, -0.25) is 14.4 Å². The molecule has 6 heteroatoms. The van der Waals surface area contributed by atoms with E-state index in [2.05, 4.69) is 45.1 Å². The van der Waals surface area contributed by atoms with Crippen LogP contribution in [0.1, 0.15) is 291 Å². The van der Waals surface area contributed by atoms with Gasteiger partial charge >= 0.3 is 17.9 Å². The molecular formula is C55H104O6. The summed E-state index contributed by atoms with van der Waals surface area (Å²) in [6.45, 7) is 10.9. The number of esters is 3. The highest BCUT2D eigenvalue weighted by atomic mass is 16.6. The van der Waals surface area contributed by atoms with E-state index in [9.17, 15) is 14.4 Å². The molecule has 0 heterocycles. The first-order valence-corrected chi connectivity index (χ1v) is 26.7. The molecule has 61 heavy (non-hydrogen) atoms. The maximum atomic E-state index is 11.9. The first kappa shape index (κ1) is 61.0. The molecule has 0 unspecified atom stereocenters. The molecule has 6 nitrogen and oxygen atoms in total. The summed E-state index contributed by atoms with van der Waals surface area (Å²) in [7, 11) is 0. The number of rotatable bonds is 46. The van der Waals surface area contributed by atoms with Crippen molar-refractivity contribution in [2.75, 3.05) is 13.2 Å². The summed E-state index contributed by atoms with van der Waals surface area (Å²) in [5, 5.41) is 0. The highest BCUT2D eigenvalue weighted by Crippen LogP contribution is 2.14. The lowest BCUT2D eigenvalue weighted by Gasteiger charge is -2.07. The predicted octanol–water partition coefficient (Wildman–Crippen LogP) is 17.8. The van der Waals surface area contributed by atoms with E-state index in [0.717, 1.165) is 32.1 Å². The SMILES string of the molecule is CCCCCCCC/C=C\CCCCCCCC(=O)OCCOC(=O)CCCCCCC/C=C\CCCCCCCC.CCCCCCCCCCCCCC(=O)OC(C)C. The van der Waals surface area contributed by atoms with Crippen LogP contribution < -0.4 is 0 Å². The van der Waals surface area contributed by atoms with Crippen molar-refractivity contribution in [3.63, 3.8) is 0 Å². The van der Waals surface area contributed by atoms with E-state index in [0.29, 0.717) is 19.3 Å². The average molecular weight is 861 g/mol. The fraction of sp³-hybridized carbons (Fsp3) is 0.873. The second-order valence-electron chi connectivity index (χ2n) is 17.9. The first-order valence-electron chi connectivity index (χ1n) is 26.7. The molecule has 0 saturated carbocycles. The number of allylic oxidation sites excluding steroid dienone is 4. The van der Waals surface area contributed by atoms with Crippen LogP contribution in [0.2, 0.25) is 0 Å². The minimum absolute atomic E-state index is 0.0280. The largest absolute Gasteiger partial charge is 0.463 e. The van der Waals surface area contributed by atoms with Gasteiger partial charge in [-0.2, -0.15) is 0 Å². The second-order valence-corrected chi connectivity index (χ2v) is 17.9. The van der Waals surface area contributed by atoms with Crippen LogP contribution in [0.15, 0.2) is 24.3 Å². The van der Waals surface area contributed by atoms with Crippen LogP contribution in [0.5, 0.6) is 0 Å². The normalized spacial score (nSPS) is 11.4. The molecule has 0 amide bonds. The van der Waals surface area contributed by atoms with E-state index in [-0.39, 0.29) is 37.2 Å². The third kappa shape index (κ3) is 57.9. The number of hydrogen-bond donors (Lipinski definition) is 0. The molecule has 0 bridgehead atoms. The van der Waals surface area contributed by atoms with Gasteiger partial charge in [0.15, 0.2) is 0 Å². The second kappa shape index (κ2) is 54.0. The molecule has 0 aliphatic heterocycles. The van der Waals surface area contributed by atoms with Gasteiger partial charge in [0.2, 0.25) is 0 Å². The monoisotopic (exact) mass is 861 g/mol. The summed E-state index contributed by atoms with van der Waals surface area (Å²) in [6, 6.07) is 0. The number of ether oxygens (including phenoxy) is 3. The number of hydrogen-bond acceptors (Lipinski definition) is 6. The fourth-order valence-corrected chi connectivity index (χ4v) is 7.39. The summed E-state index contributed by atoms with van der Waals surface area (Å²) in [5.74, 6) is -0.396. The Balaban J connectivity index is 0. The highest BCUT2D eigenvalue weighted by molar-refractivity contribution is 5.70. The van der Waals surface area contributed by atoms with Crippen molar-refractivity contribution in [1.29, 1.82) is 0 Å². The Morgan fingerprint density at radius 1 is 0.328 bits per heavy atom. The van der Waals surface area contributed by atoms with E-state index < -0.39 is 0 Å². The molecule has 0 aromatic heterocycles. The third-order valence-corrected chi connectivity index (χ3v) is 11.2. The lowest BCUT2D eigenvalue weighted by molar-refractivity contribution is -0.152. The van der Waals surface area contributed by atoms with Gasteiger partial charge in [-0.1, -0.05) is 212 Å². The molecule has 0 aliphatic carbocycles. The Bertz CT molecular complexity index is 902. The van der Waals surface area contributed by atoms with Gasteiger partial charge in [0, 0.05) is 19.3 Å². The van der Waals surface area contributed by atoms with Crippen molar-refractivity contribution in [3.8, 4) is 0 Å². The maximum absolute atomic E-state index is 11.9. The maximum Gasteiger partial charge on any atom is 0.306 e. The van der Waals surface area contributed by atoms with Crippen LogP contribution in [0, 0.1) is 0 Å². The summed E-state index contributed by atoms with van der Waals surface area (Å²) in [4.78, 5) is 35.0. The van der Waals surface area contributed by atoms with Gasteiger partial charge in [0.1, 0.15) is 13.2 Å². The summed E-state index contributed by atoms with van der Waals surface area (Å²) in [6.07, 6.45) is 57.7. The Morgan fingerprint density at radius 3 is 0.820 bits per heavy atom. The zero-order valence-corrected chi connectivity index (χ0v) is 41.5. The van der Waals surface area contributed by atoms with Gasteiger partial charge in [0.25, 0.3) is 0 Å². The van der Waals surface area contributed by atoms with E-state index in [1.165, 1.54) is 205 Å². The van der Waals surface area contributed by atoms with E-state index in [1.54, 1.807) is 0 Å². The minimum atomic E-state index is -0.180. The lowest BCUT2D eigenvalue weighted by atomic mass is 10.1. The molecule has 0 saturated heterocycles. The Hall–Kier alpha value is -2.11. The third-order valence-electron chi connectivity index (χ3n) is 11.2. The molecule has 0 aromatic rings. The van der Waals surface area contributed by atoms with Crippen LogP contribution in [0.4, 0.5) is 0 Å². The highest BCUT2D eigenvalue weighted by Gasteiger charge is 2.07. The van der Waals surface area contributed by atoms with Crippen molar-refractivity contribution < 1.29 is 28.6 Å². The van der Waals surface area contributed by atoms with E-state index >= 15 is 0 Å². The van der Waals surface area contributed by atoms with E-state index in [4.69, 9.17) is 14.2 Å². The quantitative estimate of drug-likeness (QED) is 0.0263.